The Kier molecular flexibility index (Phi) is 4.50. The number of benzene rings is 3. The van der Waals surface area contributed by atoms with Gasteiger partial charge in [-0.1, -0.05) is 53.8 Å². The second-order valence-corrected chi connectivity index (χ2v) is 7.46. The number of thiazole rings is 1. The summed E-state index contributed by atoms with van der Waals surface area (Å²) < 4.78 is 20.2. The van der Waals surface area contributed by atoms with E-state index in [0.29, 0.717) is 17.3 Å². The number of hydrogen-bond donors (Lipinski definition) is 1. The van der Waals surface area contributed by atoms with Crippen molar-refractivity contribution in [1.29, 1.82) is 0 Å². The predicted molar refractivity (Wildman–Crippen MR) is 111 cm³/mol. The van der Waals surface area contributed by atoms with Crippen molar-refractivity contribution in [2.24, 2.45) is 0 Å². The molecule has 7 heteroatoms. The highest BCUT2D eigenvalue weighted by Gasteiger charge is 2.22. The summed E-state index contributed by atoms with van der Waals surface area (Å²) in [5.41, 5.74) is 2.57. The van der Waals surface area contributed by atoms with E-state index in [1.807, 2.05) is 54.6 Å². The van der Waals surface area contributed by atoms with E-state index in [9.17, 15) is 4.39 Å². The zero-order valence-electron chi connectivity index (χ0n) is 15.1. The van der Waals surface area contributed by atoms with Crippen LogP contribution in [-0.2, 0) is 0 Å². The van der Waals surface area contributed by atoms with Crippen molar-refractivity contribution in [3.8, 4) is 11.5 Å². The van der Waals surface area contributed by atoms with E-state index in [2.05, 4.69) is 20.5 Å². The second-order valence-electron chi connectivity index (χ2n) is 6.43. The topological polar surface area (TPSA) is 63.8 Å². The molecule has 1 N–H and O–H groups in total. The van der Waals surface area contributed by atoms with Gasteiger partial charge in [0.1, 0.15) is 11.9 Å². The van der Waals surface area contributed by atoms with E-state index in [1.165, 1.54) is 12.1 Å². The maximum Gasteiger partial charge on any atom is 0.247 e. The number of para-hydroxylation sites is 1. The number of fused-ring (bicyclic) bond motifs is 1. The van der Waals surface area contributed by atoms with Gasteiger partial charge in [-0.3, -0.25) is 0 Å². The van der Waals surface area contributed by atoms with Crippen LogP contribution in [0.1, 0.15) is 17.5 Å². The van der Waals surface area contributed by atoms with Gasteiger partial charge >= 0.3 is 0 Å². The fourth-order valence-electron chi connectivity index (χ4n) is 3.05. The largest absolute Gasteiger partial charge is 0.418 e. The van der Waals surface area contributed by atoms with Crippen molar-refractivity contribution in [3.05, 3.63) is 96.1 Å². The lowest BCUT2D eigenvalue weighted by atomic mass is 10.1. The molecule has 0 radical (unpaired) electrons. The Hall–Kier alpha value is -3.58. The number of halogens is 1. The lowest BCUT2D eigenvalue weighted by Crippen LogP contribution is -2.12. The Labute approximate surface area is 169 Å². The summed E-state index contributed by atoms with van der Waals surface area (Å²) in [4.78, 5) is 4.65. The van der Waals surface area contributed by atoms with Crippen LogP contribution in [0.25, 0.3) is 21.7 Å². The lowest BCUT2D eigenvalue weighted by molar-refractivity contribution is 0.494. The summed E-state index contributed by atoms with van der Waals surface area (Å²) in [7, 11) is 0. The van der Waals surface area contributed by atoms with Gasteiger partial charge in [0.05, 0.1) is 10.2 Å². The van der Waals surface area contributed by atoms with E-state index in [-0.39, 0.29) is 11.9 Å². The van der Waals surface area contributed by atoms with Gasteiger partial charge in [0, 0.05) is 5.56 Å². The average molecular weight is 402 g/mol. The van der Waals surface area contributed by atoms with E-state index >= 15 is 0 Å². The lowest BCUT2D eigenvalue weighted by Gasteiger charge is -2.14. The molecule has 1 atom stereocenters. The molecule has 2 heterocycles. The summed E-state index contributed by atoms with van der Waals surface area (Å²) in [6.45, 7) is 0. The van der Waals surface area contributed by atoms with Crippen LogP contribution in [0, 0.1) is 5.82 Å². The van der Waals surface area contributed by atoms with Gasteiger partial charge in [0.25, 0.3) is 0 Å². The number of anilines is 1. The highest BCUT2D eigenvalue weighted by molar-refractivity contribution is 7.22. The monoisotopic (exact) mass is 402 g/mol. The molecular formula is C22H15FN4OS. The van der Waals surface area contributed by atoms with E-state index < -0.39 is 0 Å². The molecule has 5 aromatic rings. The number of nitrogens with one attached hydrogen (secondary N) is 1. The minimum absolute atomic E-state index is 0.312. The molecule has 142 valence electrons. The predicted octanol–water partition coefficient (Wildman–Crippen LogP) is 5.69. The van der Waals surface area contributed by atoms with Crippen LogP contribution in [0.5, 0.6) is 0 Å². The van der Waals surface area contributed by atoms with Crippen LogP contribution in [0.2, 0.25) is 0 Å². The zero-order chi connectivity index (χ0) is 19.6. The van der Waals surface area contributed by atoms with Gasteiger partial charge < -0.3 is 9.73 Å². The average Bonchev–Trinajstić information content (AvgIpc) is 3.40. The molecule has 0 amide bonds. The molecule has 2 aromatic heterocycles. The molecule has 0 bridgehead atoms. The SMILES string of the molecule is Fc1ccc(-c2nnc(C(Nc3nc4ccccc4s3)c3ccccc3)o2)cc1. The summed E-state index contributed by atoms with van der Waals surface area (Å²) >= 11 is 1.57. The number of nitrogens with zero attached hydrogens (tertiary/aromatic N) is 3. The van der Waals surface area contributed by atoms with E-state index in [1.54, 1.807) is 23.5 Å². The molecule has 0 spiro atoms. The smallest absolute Gasteiger partial charge is 0.247 e. The molecule has 0 fully saturated rings. The van der Waals surface area contributed by atoms with Gasteiger partial charge in [0.15, 0.2) is 5.13 Å². The van der Waals surface area contributed by atoms with Crippen molar-refractivity contribution in [2.75, 3.05) is 5.32 Å². The molecule has 3 aromatic carbocycles. The summed E-state index contributed by atoms with van der Waals surface area (Å²) in [6.07, 6.45) is 0. The van der Waals surface area contributed by atoms with Crippen molar-refractivity contribution in [2.45, 2.75) is 6.04 Å². The van der Waals surface area contributed by atoms with Crippen LogP contribution < -0.4 is 5.32 Å². The standard InChI is InChI=1S/C22H15FN4OS/c23-16-12-10-15(11-13-16)20-26-27-21(28-20)19(14-6-2-1-3-7-14)25-22-24-17-8-4-5-9-18(17)29-22/h1-13,19H,(H,24,25). The summed E-state index contributed by atoms with van der Waals surface area (Å²) in [5, 5.41) is 12.6. The van der Waals surface area contributed by atoms with Crippen molar-refractivity contribution in [3.63, 3.8) is 0 Å². The molecule has 0 aliphatic rings. The molecule has 29 heavy (non-hydrogen) atoms. The first-order chi connectivity index (χ1) is 14.3. The van der Waals surface area contributed by atoms with Gasteiger partial charge in [-0.25, -0.2) is 9.37 Å². The van der Waals surface area contributed by atoms with Crippen molar-refractivity contribution in [1.82, 2.24) is 15.2 Å². The fourth-order valence-corrected chi connectivity index (χ4v) is 3.94. The van der Waals surface area contributed by atoms with Crippen LogP contribution in [0.3, 0.4) is 0 Å². The molecule has 0 saturated heterocycles. The maximum atomic E-state index is 13.2. The molecule has 5 rings (SSSR count). The first kappa shape index (κ1) is 17.5. The van der Waals surface area contributed by atoms with Crippen molar-refractivity contribution < 1.29 is 8.81 Å². The minimum Gasteiger partial charge on any atom is -0.418 e. The van der Waals surface area contributed by atoms with Crippen molar-refractivity contribution >= 4 is 26.7 Å². The quantitative estimate of drug-likeness (QED) is 0.409. The highest BCUT2D eigenvalue weighted by Crippen LogP contribution is 2.32. The van der Waals surface area contributed by atoms with Crippen LogP contribution in [0.4, 0.5) is 9.52 Å². The molecule has 1 unspecified atom stereocenters. The summed E-state index contributed by atoms with van der Waals surface area (Å²) in [5.74, 6) is 0.440. The molecule has 0 aliphatic carbocycles. The van der Waals surface area contributed by atoms with Gasteiger partial charge in [-0.2, -0.15) is 0 Å². The Bertz CT molecular complexity index is 1220. The molecule has 0 saturated carbocycles. The number of aromatic nitrogens is 3. The van der Waals surface area contributed by atoms with Crippen LogP contribution >= 0.6 is 11.3 Å². The third-order valence-corrected chi connectivity index (χ3v) is 5.44. The van der Waals surface area contributed by atoms with E-state index in [4.69, 9.17) is 4.42 Å². The first-order valence-corrected chi connectivity index (χ1v) is 9.84. The molecule has 5 nitrogen and oxygen atoms in total. The van der Waals surface area contributed by atoms with Gasteiger partial charge in [-0.05, 0) is 42.0 Å². The number of hydrogen-bond acceptors (Lipinski definition) is 6. The molecular weight excluding hydrogens is 387 g/mol. The highest BCUT2D eigenvalue weighted by atomic mass is 32.1. The van der Waals surface area contributed by atoms with Crippen LogP contribution in [0.15, 0.2) is 83.3 Å². The van der Waals surface area contributed by atoms with E-state index in [0.717, 1.165) is 20.9 Å². The van der Waals surface area contributed by atoms with Gasteiger partial charge in [0.2, 0.25) is 11.8 Å². The van der Waals surface area contributed by atoms with Gasteiger partial charge in [-0.15, -0.1) is 10.2 Å². The Balaban J connectivity index is 1.52. The third-order valence-electron chi connectivity index (χ3n) is 4.47. The molecule has 0 aliphatic heterocycles. The second kappa shape index (κ2) is 7.44. The Morgan fingerprint density at radius 1 is 0.862 bits per heavy atom. The summed E-state index contributed by atoms with van der Waals surface area (Å²) in [6, 6.07) is 23.4. The Morgan fingerprint density at radius 2 is 1.62 bits per heavy atom. The fraction of sp³-hybridized carbons (Fsp3) is 0.0455. The van der Waals surface area contributed by atoms with Crippen LogP contribution in [-0.4, -0.2) is 15.2 Å². The maximum absolute atomic E-state index is 13.2. The normalized spacial score (nSPS) is 12.2. The third kappa shape index (κ3) is 3.60. The zero-order valence-corrected chi connectivity index (χ0v) is 15.9. The Morgan fingerprint density at radius 3 is 2.41 bits per heavy atom. The first-order valence-electron chi connectivity index (χ1n) is 9.03. The minimum atomic E-state index is -0.363. The number of rotatable bonds is 5.